The molecule has 156 valence electrons. The van der Waals surface area contributed by atoms with Gasteiger partial charge in [-0.3, -0.25) is 4.79 Å². The van der Waals surface area contributed by atoms with Gasteiger partial charge in [-0.15, -0.1) is 5.10 Å². The Morgan fingerprint density at radius 3 is 2.57 bits per heavy atom. The fourth-order valence-electron chi connectivity index (χ4n) is 2.43. The van der Waals surface area contributed by atoms with Crippen LogP contribution in [0.15, 0.2) is 30.4 Å². The molecule has 0 saturated heterocycles. The van der Waals surface area contributed by atoms with Crippen molar-refractivity contribution >= 4 is 12.0 Å². The molecule has 0 aliphatic rings. The SMILES string of the molecule is CC/C=C\C[C@H](O)c1nnn(C)c1/C=C/[C@@H](O)[C@@H](O)C/C=C\CCC(=O)OC. The van der Waals surface area contributed by atoms with E-state index in [-0.39, 0.29) is 18.8 Å². The number of carbonyl (C=O) groups is 1. The Morgan fingerprint density at radius 1 is 1.18 bits per heavy atom. The molecule has 8 heteroatoms. The van der Waals surface area contributed by atoms with Crippen molar-refractivity contribution in [3.05, 3.63) is 41.8 Å². The minimum Gasteiger partial charge on any atom is -0.469 e. The fraction of sp³-hybridized carbons (Fsp3) is 0.550. The molecule has 0 aliphatic carbocycles. The van der Waals surface area contributed by atoms with Crippen LogP contribution in [0.3, 0.4) is 0 Å². The largest absolute Gasteiger partial charge is 0.469 e. The zero-order valence-corrected chi connectivity index (χ0v) is 16.7. The number of aliphatic hydroxyl groups is 3. The monoisotopic (exact) mass is 393 g/mol. The molecule has 0 fully saturated rings. The Bertz CT molecular complexity index is 681. The number of aromatic nitrogens is 3. The third-order valence-electron chi connectivity index (χ3n) is 4.11. The Kier molecular flexibility index (Phi) is 11.0. The van der Waals surface area contributed by atoms with E-state index in [0.29, 0.717) is 24.2 Å². The number of allylic oxidation sites excluding steroid dienone is 2. The summed E-state index contributed by atoms with van der Waals surface area (Å²) >= 11 is 0. The van der Waals surface area contributed by atoms with Gasteiger partial charge in [0, 0.05) is 13.5 Å². The van der Waals surface area contributed by atoms with Crippen molar-refractivity contribution in [2.75, 3.05) is 7.11 Å². The van der Waals surface area contributed by atoms with Crippen LogP contribution >= 0.6 is 0 Å². The lowest BCUT2D eigenvalue weighted by Crippen LogP contribution is -2.22. The van der Waals surface area contributed by atoms with Crippen LogP contribution in [0.1, 0.15) is 56.5 Å². The predicted molar refractivity (Wildman–Crippen MR) is 106 cm³/mol. The van der Waals surface area contributed by atoms with Gasteiger partial charge in [0.25, 0.3) is 0 Å². The molecule has 1 rings (SSSR count). The molecule has 1 aromatic heterocycles. The molecule has 3 N–H and O–H groups in total. The van der Waals surface area contributed by atoms with E-state index in [1.165, 1.54) is 17.9 Å². The molecule has 0 aromatic carbocycles. The van der Waals surface area contributed by atoms with Crippen LogP contribution in [0.4, 0.5) is 0 Å². The first-order chi connectivity index (χ1) is 13.4. The molecule has 1 heterocycles. The zero-order valence-electron chi connectivity index (χ0n) is 16.7. The van der Waals surface area contributed by atoms with E-state index in [4.69, 9.17) is 0 Å². The maximum atomic E-state index is 11.0. The van der Waals surface area contributed by atoms with Crippen molar-refractivity contribution in [3.63, 3.8) is 0 Å². The standard InChI is InChI=1S/C20H31N3O5/c1-4-5-7-11-18(26)20-15(23(2)22-21-20)13-14-17(25)16(24)10-8-6-9-12-19(27)28-3/h5-8,13-14,16-18,24-26H,4,9-12H2,1-3H3/b7-5-,8-6-,14-13+/t16-,17+,18-/m0/s1. The Balaban J connectivity index is 2.62. The average molecular weight is 393 g/mol. The maximum Gasteiger partial charge on any atom is 0.305 e. The summed E-state index contributed by atoms with van der Waals surface area (Å²) in [6.45, 7) is 2.01. The second-order valence-corrected chi connectivity index (χ2v) is 6.35. The van der Waals surface area contributed by atoms with Crippen LogP contribution in [0.5, 0.6) is 0 Å². The summed E-state index contributed by atoms with van der Waals surface area (Å²) in [5.41, 5.74) is 0.987. The van der Waals surface area contributed by atoms with Crippen LogP contribution < -0.4 is 0 Å². The number of nitrogens with zero attached hydrogens (tertiary/aromatic N) is 3. The summed E-state index contributed by atoms with van der Waals surface area (Å²) in [7, 11) is 3.03. The molecule has 0 spiro atoms. The van der Waals surface area contributed by atoms with Crippen molar-refractivity contribution < 1.29 is 24.9 Å². The normalized spacial score (nSPS) is 15.5. The highest BCUT2D eigenvalue weighted by molar-refractivity contribution is 5.69. The lowest BCUT2D eigenvalue weighted by molar-refractivity contribution is -0.140. The number of hydrogen-bond donors (Lipinski definition) is 3. The number of aryl methyl sites for hydroxylation is 1. The van der Waals surface area contributed by atoms with E-state index >= 15 is 0 Å². The van der Waals surface area contributed by atoms with Crippen molar-refractivity contribution in [2.24, 2.45) is 7.05 Å². The van der Waals surface area contributed by atoms with Gasteiger partial charge >= 0.3 is 5.97 Å². The van der Waals surface area contributed by atoms with Gasteiger partial charge in [-0.2, -0.15) is 0 Å². The molecule has 28 heavy (non-hydrogen) atoms. The third kappa shape index (κ3) is 8.16. The first-order valence-electron chi connectivity index (χ1n) is 9.39. The number of hydrogen-bond acceptors (Lipinski definition) is 7. The number of carbonyl (C=O) groups excluding carboxylic acids is 1. The van der Waals surface area contributed by atoms with Crippen molar-refractivity contribution in [3.8, 4) is 0 Å². The minimum atomic E-state index is -1.09. The summed E-state index contributed by atoms with van der Waals surface area (Å²) in [5, 5.41) is 38.4. The summed E-state index contributed by atoms with van der Waals surface area (Å²) in [6, 6.07) is 0. The number of methoxy groups -OCH3 is 1. The topological polar surface area (TPSA) is 118 Å². The summed E-state index contributed by atoms with van der Waals surface area (Å²) in [6.07, 6.45) is 9.84. The first kappa shape index (κ1) is 23.7. The molecule has 0 aliphatic heterocycles. The third-order valence-corrected chi connectivity index (χ3v) is 4.11. The van der Waals surface area contributed by atoms with Gasteiger partial charge in [-0.25, -0.2) is 4.68 Å². The van der Waals surface area contributed by atoms with Gasteiger partial charge in [0.05, 0.1) is 25.0 Å². The highest BCUT2D eigenvalue weighted by atomic mass is 16.5. The summed E-state index contributed by atoms with van der Waals surface area (Å²) in [5.74, 6) is -0.291. The molecule has 0 radical (unpaired) electrons. The van der Waals surface area contributed by atoms with Crippen molar-refractivity contribution in [1.29, 1.82) is 0 Å². The Hall–Kier alpha value is -2.29. The van der Waals surface area contributed by atoms with Gasteiger partial charge in [0.2, 0.25) is 0 Å². The van der Waals surface area contributed by atoms with E-state index in [1.807, 2.05) is 19.1 Å². The number of aliphatic hydroxyl groups excluding tert-OH is 3. The van der Waals surface area contributed by atoms with E-state index in [2.05, 4.69) is 15.0 Å². The fourth-order valence-corrected chi connectivity index (χ4v) is 2.43. The average Bonchev–Trinajstić information content (AvgIpc) is 3.05. The number of ether oxygens (including phenoxy) is 1. The smallest absolute Gasteiger partial charge is 0.305 e. The quantitative estimate of drug-likeness (QED) is 0.366. The van der Waals surface area contributed by atoms with Crippen molar-refractivity contribution in [1.82, 2.24) is 15.0 Å². The van der Waals surface area contributed by atoms with E-state index in [9.17, 15) is 20.1 Å². The minimum absolute atomic E-state index is 0.244. The van der Waals surface area contributed by atoms with Crippen LogP contribution in [0, 0.1) is 0 Å². The lowest BCUT2D eigenvalue weighted by Gasteiger charge is -2.12. The first-order valence-corrected chi connectivity index (χ1v) is 9.39. The lowest BCUT2D eigenvalue weighted by atomic mass is 10.1. The molecule has 8 nitrogen and oxygen atoms in total. The van der Waals surface area contributed by atoms with E-state index in [1.54, 1.807) is 25.3 Å². The Labute approximate surface area is 165 Å². The predicted octanol–water partition coefficient (Wildman–Crippen LogP) is 1.84. The van der Waals surface area contributed by atoms with Crippen LogP contribution in [0.25, 0.3) is 6.08 Å². The molecular weight excluding hydrogens is 362 g/mol. The van der Waals surface area contributed by atoms with Gasteiger partial charge in [-0.1, -0.05) is 42.5 Å². The Morgan fingerprint density at radius 2 is 1.89 bits per heavy atom. The van der Waals surface area contributed by atoms with Gasteiger partial charge in [-0.05, 0) is 31.8 Å². The molecule has 0 saturated carbocycles. The molecule has 0 amide bonds. The molecular formula is C20H31N3O5. The second-order valence-electron chi connectivity index (χ2n) is 6.35. The molecule has 3 atom stereocenters. The van der Waals surface area contributed by atoms with Crippen LogP contribution in [-0.4, -0.2) is 55.6 Å². The zero-order chi connectivity index (χ0) is 20.9. The highest BCUT2D eigenvalue weighted by Gasteiger charge is 2.17. The van der Waals surface area contributed by atoms with Crippen LogP contribution in [-0.2, 0) is 16.6 Å². The van der Waals surface area contributed by atoms with Gasteiger partial charge in [0.15, 0.2) is 0 Å². The highest BCUT2D eigenvalue weighted by Crippen LogP contribution is 2.20. The second kappa shape index (κ2) is 13.0. The summed E-state index contributed by atoms with van der Waals surface area (Å²) < 4.78 is 6.05. The summed E-state index contributed by atoms with van der Waals surface area (Å²) in [4.78, 5) is 11.0. The maximum absolute atomic E-state index is 11.0. The molecule has 1 aromatic rings. The van der Waals surface area contributed by atoms with Crippen LogP contribution in [0.2, 0.25) is 0 Å². The van der Waals surface area contributed by atoms with Gasteiger partial charge < -0.3 is 20.1 Å². The van der Waals surface area contributed by atoms with Crippen molar-refractivity contribution in [2.45, 2.75) is 57.3 Å². The molecule has 0 bridgehead atoms. The number of esters is 1. The molecule has 0 unspecified atom stereocenters. The van der Waals surface area contributed by atoms with E-state index in [0.717, 1.165) is 6.42 Å². The van der Waals surface area contributed by atoms with E-state index < -0.39 is 18.3 Å². The van der Waals surface area contributed by atoms with Gasteiger partial charge in [0.1, 0.15) is 11.8 Å². The number of rotatable bonds is 12.